The number of halogens is 2. The third kappa shape index (κ3) is 5.27. The summed E-state index contributed by atoms with van der Waals surface area (Å²) in [4.78, 5) is 0. The van der Waals surface area contributed by atoms with Crippen molar-refractivity contribution in [3.05, 3.63) is 35.9 Å². The SMILES string of the molecule is CCCC1C=CC([C@H]2CC[C@H](COc3ccc(OCC)c(F)c3F)CC2)CC1. The van der Waals surface area contributed by atoms with E-state index in [1.165, 1.54) is 50.7 Å². The van der Waals surface area contributed by atoms with Gasteiger partial charge in [-0.25, -0.2) is 0 Å². The van der Waals surface area contributed by atoms with E-state index in [0.717, 1.165) is 30.6 Å². The molecule has 0 bridgehead atoms. The van der Waals surface area contributed by atoms with Crippen molar-refractivity contribution in [2.24, 2.45) is 23.7 Å². The van der Waals surface area contributed by atoms with Gasteiger partial charge in [-0.15, -0.1) is 0 Å². The molecule has 2 aliphatic rings. The summed E-state index contributed by atoms with van der Waals surface area (Å²) in [5.74, 6) is 0.723. The van der Waals surface area contributed by atoms with Crippen LogP contribution in [0.1, 0.15) is 65.2 Å². The standard InChI is InChI=1S/C24H34F2O2/c1-3-5-17-6-10-19(11-7-17)20-12-8-18(9-13-20)16-28-22-15-14-21(27-4-2)23(25)24(22)26/h6,10,14-15,17-20H,3-5,7-9,11-13,16H2,1-2H3/t17?,18-,19?,20-. The van der Waals surface area contributed by atoms with Crippen LogP contribution in [0, 0.1) is 35.3 Å². The van der Waals surface area contributed by atoms with Crippen LogP contribution in [0.5, 0.6) is 11.5 Å². The Morgan fingerprint density at radius 2 is 1.54 bits per heavy atom. The molecule has 156 valence electrons. The number of hydrogen-bond acceptors (Lipinski definition) is 2. The van der Waals surface area contributed by atoms with Gasteiger partial charge in [0.15, 0.2) is 11.5 Å². The molecule has 0 amide bonds. The van der Waals surface area contributed by atoms with Gasteiger partial charge in [-0.3, -0.25) is 0 Å². The lowest BCUT2D eigenvalue weighted by molar-refractivity contribution is 0.154. The summed E-state index contributed by atoms with van der Waals surface area (Å²) in [6, 6.07) is 2.91. The number of hydrogen-bond donors (Lipinski definition) is 0. The summed E-state index contributed by atoms with van der Waals surface area (Å²) in [7, 11) is 0. The van der Waals surface area contributed by atoms with Crippen molar-refractivity contribution in [1.29, 1.82) is 0 Å². The fourth-order valence-electron chi connectivity index (χ4n) is 4.79. The maximum Gasteiger partial charge on any atom is 0.204 e. The van der Waals surface area contributed by atoms with E-state index < -0.39 is 11.6 Å². The van der Waals surface area contributed by atoms with Gasteiger partial charge in [-0.1, -0.05) is 25.5 Å². The van der Waals surface area contributed by atoms with Crippen molar-refractivity contribution in [1.82, 2.24) is 0 Å². The highest BCUT2D eigenvalue weighted by molar-refractivity contribution is 5.35. The fraction of sp³-hybridized carbons (Fsp3) is 0.667. The van der Waals surface area contributed by atoms with Crippen LogP contribution in [0.25, 0.3) is 0 Å². The van der Waals surface area contributed by atoms with Gasteiger partial charge in [0, 0.05) is 0 Å². The summed E-state index contributed by atoms with van der Waals surface area (Å²) in [5.41, 5.74) is 0. The highest BCUT2D eigenvalue weighted by Gasteiger charge is 2.28. The van der Waals surface area contributed by atoms with Crippen molar-refractivity contribution >= 4 is 0 Å². The Morgan fingerprint density at radius 3 is 2.11 bits per heavy atom. The van der Waals surface area contributed by atoms with Gasteiger partial charge in [-0.2, -0.15) is 8.78 Å². The molecule has 4 heteroatoms. The van der Waals surface area contributed by atoms with E-state index in [1.807, 2.05) is 0 Å². The van der Waals surface area contributed by atoms with Gasteiger partial charge in [0.1, 0.15) is 0 Å². The molecule has 2 aliphatic carbocycles. The van der Waals surface area contributed by atoms with E-state index in [1.54, 1.807) is 6.92 Å². The molecule has 0 spiro atoms. The van der Waals surface area contributed by atoms with E-state index in [9.17, 15) is 8.78 Å². The number of rotatable bonds is 8. The van der Waals surface area contributed by atoms with E-state index in [2.05, 4.69) is 19.1 Å². The zero-order chi connectivity index (χ0) is 19.9. The van der Waals surface area contributed by atoms with Crippen LogP contribution in [-0.4, -0.2) is 13.2 Å². The van der Waals surface area contributed by atoms with Crippen LogP contribution in [0.4, 0.5) is 8.78 Å². The predicted octanol–water partition coefficient (Wildman–Crippen LogP) is 6.93. The van der Waals surface area contributed by atoms with Crippen LogP contribution in [0.3, 0.4) is 0 Å². The third-order valence-electron chi connectivity index (χ3n) is 6.44. The Bertz CT molecular complexity index is 650. The van der Waals surface area contributed by atoms with E-state index in [4.69, 9.17) is 9.47 Å². The zero-order valence-electron chi connectivity index (χ0n) is 17.3. The van der Waals surface area contributed by atoms with Gasteiger partial charge < -0.3 is 9.47 Å². The lowest BCUT2D eigenvalue weighted by Crippen LogP contribution is -2.25. The van der Waals surface area contributed by atoms with Crippen LogP contribution >= 0.6 is 0 Å². The first-order chi connectivity index (χ1) is 13.6. The third-order valence-corrected chi connectivity index (χ3v) is 6.44. The summed E-state index contributed by atoms with van der Waals surface area (Å²) < 4.78 is 38.8. The van der Waals surface area contributed by atoms with Gasteiger partial charge in [0.2, 0.25) is 11.6 Å². The minimum absolute atomic E-state index is 0.0137. The van der Waals surface area contributed by atoms with Gasteiger partial charge in [0.05, 0.1) is 13.2 Å². The molecule has 0 aliphatic heterocycles. The number of ether oxygens (including phenoxy) is 2. The van der Waals surface area contributed by atoms with E-state index in [-0.39, 0.29) is 11.5 Å². The van der Waals surface area contributed by atoms with Crippen molar-refractivity contribution in [3.8, 4) is 11.5 Å². The molecule has 0 heterocycles. The lowest BCUT2D eigenvalue weighted by Gasteiger charge is -2.35. The second kappa shape index (κ2) is 10.3. The van der Waals surface area contributed by atoms with Gasteiger partial charge >= 0.3 is 0 Å². The normalized spacial score (nSPS) is 27.6. The molecule has 3 rings (SSSR count). The molecule has 0 aromatic heterocycles. The average molecular weight is 393 g/mol. The molecule has 1 saturated carbocycles. The Hall–Kier alpha value is -1.58. The molecule has 2 atom stereocenters. The van der Waals surface area contributed by atoms with Gasteiger partial charge in [0.25, 0.3) is 0 Å². The van der Waals surface area contributed by atoms with E-state index >= 15 is 0 Å². The molecular formula is C24H34F2O2. The molecule has 1 aromatic carbocycles. The molecule has 2 nitrogen and oxygen atoms in total. The minimum atomic E-state index is -0.964. The summed E-state index contributed by atoms with van der Waals surface area (Å²) >= 11 is 0. The summed E-state index contributed by atoms with van der Waals surface area (Å²) in [6.07, 6.45) is 14.8. The Labute approximate surface area is 168 Å². The highest BCUT2D eigenvalue weighted by atomic mass is 19.2. The first kappa shape index (κ1) is 21.1. The van der Waals surface area contributed by atoms with E-state index in [0.29, 0.717) is 19.1 Å². The first-order valence-electron chi connectivity index (χ1n) is 11.0. The molecule has 0 saturated heterocycles. The summed E-state index contributed by atoms with van der Waals surface area (Å²) in [5, 5.41) is 0. The molecule has 28 heavy (non-hydrogen) atoms. The average Bonchev–Trinajstić information content (AvgIpc) is 2.72. The Balaban J connectivity index is 1.45. The molecule has 2 unspecified atom stereocenters. The first-order valence-corrected chi connectivity index (χ1v) is 11.0. The molecule has 0 radical (unpaired) electrons. The zero-order valence-corrected chi connectivity index (χ0v) is 17.3. The van der Waals surface area contributed by atoms with Crippen LogP contribution in [-0.2, 0) is 0 Å². The number of allylic oxidation sites excluding steroid dienone is 2. The largest absolute Gasteiger partial charge is 0.491 e. The highest BCUT2D eigenvalue weighted by Crippen LogP contribution is 2.39. The smallest absolute Gasteiger partial charge is 0.204 e. The predicted molar refractivity (Wildman–Crippen MR) is 109 cm³/mol. The monoisotopic (exact) mass is 392 g/mol. The maximum absolute atomic E-state index is 14.1. The van der Waals surface area contributed by atoms with Crippen molar-refractivity contribution < 1.29 is 18.3 Å². The Kier molecular flexibility index (Phi) is 7.75. The topological polar surface area (TPSA) is 18.5 Å². The van der Waals surface area contributed by atoms with Crippen LogP contribution < -0.4 is 9.47 Å². The Morgan fingerprint density at radius 1 is 0.857 bits per heavy atom. The molecule has 1 aromatic rings. The quantitative estimate of drug-likeness (QED) is 0.447. The molecular weight excluding hydrogens is 358 g/mol. The second-order valence-electron chi connectivity index (χ2n) is 8.39. The minimum Gasteiger partial charge on any atom is -0.491 e. The van der Waals surface area contributed by atoms with Crippen molar-refractivity contribution in [2.45, 2.75) is 65.2 Å². The number of benzene rings is 1. The van der Waals surface area contributed by atoms with Gasteiger partial charge in [-0.05, 0) is 87.7 Å². The lowest BCUT2D eigenvalue weighted by atomic mass is 9.72. The molecule has 0 N–H and O–H groups in total. The van der Waals surface area contributed by atoms with Crippen molar-refractivity contribution in [2.75, 3.05) is 13.2 Å². The van der Waals surface area contributed by atoms with Crippen LogP contribution in [0.15, 0.2) is 24.3 Å². The molecule has 1 fully saturated rings. The summed E-state index contributed by atoms with van der Waals surface area (Å²) in [6.45, 7) is 4.76. The second-order valence-corrected chi connectivity index (χ2v) is 8.39. The van der Waals surface area contributed by atoms with Crippen LogP contribution in [0.2, 0.25) is 0 Å². The fourth-order valence-corrected chi connectivity index (χ4v) is 4.79. The van der Waals surface area contributed by atoms with Crippen molar-refractivity contribution in [3.63, 3.8) is 0 Å². The maximum atomic E-state index is 14.1.